The fourth-order valence-corrected chi connectivity index (χ4v) is 18.7. The van der Waals surface area contributed by atoms with Gasteiger partial charge in [0.2, 0.25) is 0 Å². The van der Waals surface area contributed by atoms with Crippen molar-refractivity contribution in [2.45, 2.75) is 85.5 Å². The maximum Gasteiger partial charge on any atom is 0.0159 e. The molecule has 0 heteroatoms. The minimum atomic E-state index is -0.167. The van der Waals surface area contributed by atoms with Gasteiger partial charge in [-0.05, 0) is 300 Å². The lowest BCUT2D eigenvalue weighted by Crippen LogP contribution is -2.15. The van der Waals surface area contributed by atoms with Crippen LogP contribution in [0.1, 0.15) is 93.0 Å². The van der Waals surface area contributed by atoms with E-state index in [1.54, 1.807) is 0 Å². The Morgan fingerprint density at radius 3 is 1.05 bits per heavy atom. The van der Waals surface area contributed by atoms with Gasteiger partial charge in [-0.2, -0.15) is 0 Å². The van der Waals surface area contributed by atoms with E-state index in [9.17, 15) is 0 Å². The van der Waals surface area contributed by atoms with Crippen molar-refractivity contribution in [2.24, 2.45) is 0 Å². The van der Waals surface area contributed by atoms with Crippen LogP contribution in [0.5, 0.6) is 0 Å². The summed E-state index contributed by atoms with van der Waals surface area (Å²) >= 11 is 0. The van der Waals surface area contributed by atoms with Gasteiger partial charge in [-0.25, -0.2) is 0 Å². The number of fused-ring (bicyclic) bond motifs is 12. The van der Waals surface area contributed by atoms with Gasteiger partial charge in [0.05, 0.1) is 0 Å². The molecule has 0 unspecified atom stereocenters. The van der Waals surface area contributed by atoms with Crippen molar-refractivity contribution in [3.05, 3.63) is 360 Å². The Bertz CT molecular complexity index is 6810. The van der Waals surface area contributed by atoms with Crippen LogP contribution in [0.25, 0.3) is 186 Å². The molecular weight excluding hydrogens is 1290 g/mol. The van der Waals surface area contributed by atoms with E-state index in [-0.39, 0.29) is 16.2 Å². The Morgan fingerprint density at radius 2 is 0.551 bits per heavy atom. The molecule has 0 spiro atoms. The second-order valence-electron chi connectivity index (χ2n) is 32.9. The quantitative estimate of drug-likeness (QED) is 0.110. The van der Waals surface area contributed by atoms with Crippen molar-refractivity contribution >= 4 is 86.2 Å². The third-order valence-electron chi connectivity index (χ3n) is 24.8. The summed E-state index contributed by atoms with van der Waals surface area (Å²) in [6.07, 6.45) is 0. The van der Waals surface area contributed by atoms with E-state index in [2.05, 4.69) is 385 Å². The first-order chi connectivity index (χ1) is 51.9. The van der Waals surface area contributed by atoms with Crippen LogP contribution >= 0.6 is 0 Å². The molecule has 19 aromatic rings. The topological polar surface area (TPSA) is 0 Å². The number of aryl methyl sites for hydroxylation is 3. The highest BCUT2D eigenvalue weighted by Gasteiger charge is 2.38. The van der Waals surface area contributed by atoms with Crippen LogP contribution in [-0.2, 0) is 16.2 Å². The minimum Gasteiger partial charge on any atom is -0.0622 e. The highest BCUT2D eigenvalue weighted by atomic mass is 14.4. The lowest BCUT2D eigenvalue weighted by molar-refractivity contribution is 0.592. The molecule has 2 aliphatic rings. The van der Waals surface area contributed by atoms with E-state index in [4.69, 9.17) is 0 Å². The molecule has 0 radical (unpaired) electrons. The third kappa shape index (κ3) is 10.2. The largest absolute Gasteiger partial charge is 0.0622 e. The molecule has 0 fully saturated rings. The molecular formula is C107H82. The first kappa shape index (κ1) is 64.4. The Hall–Kier alpha value is -12.2. The zero-order chi connectivity index (χ0) is 72.5. The molecule has 510 valence electrons. The molecule has 0 aromatic heterocycles. The van der Waals surface area contributed by atoms with Gasteiger partial charge in [0, 0.05) is 10.8 Å². The second-order valence-corrected chi connectivity index (χ2v) is 32.9. The standard InChI is InChI=1S/C57H44.C50H38/c1-56(2,3)43-31-39-22-25-49-44(26-27-50-45-18-12-13-19-46(45)51(34-43)54(39)55(49)50)38-21-24-48-47-23-20-37(32-52(47)57(4,5)53(48)33-38)42-29-40(35-14-8-6-9-15-35)28-41(30-42)36-16-10-7-11-17-36;1-29-9-11-32(12-10-29)33-13-15-34(16-14-33)36-18-20-39-40-21-19-37(28-47(40)50(4,5)46(39)27-36)38-23-24-43-45-26-31(3)30(2)25-44(45)41-8-6-7-35-17-22-42(38)49(43)48(35)41/h6-34H,1-5H3;6-28H,1-5H3. The van der Waals surface area contributed by atoms with Crippen LogP contribution in [-0.4, -0.2) is 0 Å². The van der Waals surface area contributed by atoms with E-state index in [1.165, 1.54) is 231 Å². The van der Waals surface area contributed by atoms with Crippen LogP contribution in [0.2, 0.25) is 0 Å². The smallest absolute Gasteiger partial charge is 0.0159 e. The van der Waals surface area contributed by atoms with Crippen molar-refractivity contribution in [2.75, 3.05) is 0 Å². The van der Waals surface area contributed by atoms with Crippen LogP contribution < -0.4 is 0 Å². The zero-order valence-corrected chi connectivity index (χ0v) is 62.5. The van der Waals surface area contributed by atoms with E-state index in [0.717, 1.165) is 0 Å². The van der Waals surface area contributed by atoms with Gasteiger partial charge in [0.15, 0.2) is 0 Å². The summed E-state index contributed by atoms with van der Waals surface area (Å²) < 4.78 is 0. The normalized spacial score (nSPS) is 13.5. The van der Waals surface area contributed by atoms with Gasteiger partial charge in [-0.1, -0.05) is 321 Å². The van der Waals surface area contributed by atoms with E-state index in [0.29, 0.717) is 0 Å². The predicted molar refractivity (Wildman–Crippen MR) is 461 cm³/mol. The van der Waals surface area contributed by atoms with Gasteiger partial charge in [-0.15, -0.1) is 0 Å². The van der Waals surface area contributed by atoms with Gasteiger partial charge >= 0.3 is 0 Å². The van der Waals surface area contributed by atoms with Gasteiger partial charge in [-0.3, -0.25) is 0 Å². The Morgan fingerprint density at radius 1 is 0.206 bits per heavy atom. The van der Waals surface area contributed by atoms with Gasteiger partial charge < -0.3 is 0 Å². The number of rotatable bonds is 7. The van der Waals surface area contributed by atoms with Crippen LogP contribution in [0.4, 0.5) is 0 Å². The molecule has 0 amide bonds. The fourth-order valence-electron chi connectivity index (χ4n) is 18.7. The van der Waals surface area contributed by atoms with Crippen molar-refractivity contribution in [3.63, 3.8) is 0 Å². The van der Waals surface area contributed by atoms with Crippen LogP contribution in [0.15, 0.2) is 315 Å². The molecule has 0 nitrogen and oxygen atoms in total. The monoisotopic (exact) mass is 1370 g/mol. The molecule has 0 bridgehead atoms. The van der Waals surface area contributed by atoms with Gasteiger partial charge in [0.25, 0.3) is 0 Å². The van der Waals surface area contributed by atoms with Crippen molar-refractivity contribution in [1.29, 1.82) is 0 Å². The summed E-state index contributed by atoms with van der Waals surface area (Å²) in [5.41, 5.74) is 33.7. The molecule has 0 atom stereocenters. The maximum atomic E-state index is 2.49. The fraction of sp³-hybridized carbons (Fsp3) is 0.121. The van der Waals surface area contributed by atoms with Crippen LogP contribution in [0.3, 0.4) is 0 Å². The van der Waals surface area contributed by atoms with E-state index < -0.39 is 0 Å². The number of hydrogen-bond donors (Lipinski definition) is 0. The third-order valence-corrected chi connectivity index (χ3v) is 24.8. The number of benzene rings is 19. The minimum absolute atomic E-state index is 0.0591. The SMILES string of the molecule is CC(C)(C)c1cc2ccc3c(-c4ccc5c(c4)C(C)(C)c4cc(-c6cc(-c7ccccc7)cc(-c7ccccc7)c6)ccc4-5)ccc4c5ccccc5c(c1)c2c34.Cc1ccc(-c2ccc(-c3ccc4c(c3)C(C)(C)c3cc(-c5ccc6c7cc(C)c(C)cc7c7cccc8ccc5c6c87)ccc3-4)cc2)cc1. The summed E-state index contributed by atoms with van der Waals surface area (Å²) in [4.78, 5) is 0. The molecule has 2 aliphatic carbocycles. The first-order valence-corrected chi connectivity index (χ1v) is 38.2. The molecule has 0 saturated heterocycles. The zero-order valence-electron chi connectivity index (χ0n) is 62.5. The maximum absolute atomic E-state index is 2.49. The van der Waals surface area contributed by atoms with Crippen LogP contribution in [0, 0.1) is 20.8 Å². The van der Waals surface area contributed by atoms with Crippen molar-refractivity contribution in [1.82, 2.24) is 0 Å². The summed E-state index contributed by atoms with van der Waals surface area (Å²) in [6.45, 7) is 23.2. The van der Waals surface area contributed by atoms with E-state index >= 15 is 0 Å². The molecule has 0 heterocycles. The first-order valence-electron chi connectivity index (χ1n) is 38.2. The highest BCUT2D eigenvalue weighted by Crippen LogP contribution is 2.55. The average Bonchev–Trinajstić information content (AvgIpc) is 1.35. The summed E-state index contributed by atoms with van der Waals surface area (Å²) in [6, 6.07) is 119. The Balaban J connectivity index is 0.000000143. The predicted octanol–water partition coefficient (Wildman–Crippen LogP) is 30.0. The average molecular weight is 1370 g/mol. The second kappa shape index (κ2) is 23.9. The molecule has 0 aliphatic heterocycles. The van der Waals surface area contributed by atoms with Crippen molar-refractivity contribution < 1.29 is 0 Å². The van der Waals surface area contributed by atoms with Gasteiger partial charge in [0.1, 0.15) is 0 Å². The lowest BCUT2D eigenvalue weighted by atomic mass is 9.79. The molecule has 21 rings (SSSR count). The molecule has 0 saturated carbocycles. The molecule has 0 N–H and O–H groups in total. The van der Waals surface area contributed by atoms with Crippen molar-refractivity contribution in [3.8, 4) is 100 Å². The number of hydrogen-bond acceptors (Lipinski definition) is 0. The Labute approximate surface area is 627 Å². The highest BCUT2D eigenvalue weighted by molar-refractivity contribution is 6.37. The molecule has 107 heavy (non-hydrogen) atoms. The summed E-state index contributed by atoms with van der Waals surface area (Å²) in [7, 11) is 0. The Kier molecular flexibility index (Phi) is 14.4. The summed E-state index contributed by atoms with van der Waals surface area (Å²) in [5, 5.41) is 21.5. The molecule has 19 aromatic carbocycles. The van der Waals surface area contributed by atoms with E-state index in [1.807, 2.05) is 0 Å². The lowest BCUT2D eigenvalue weighted by Gasteiger charge is -2.24. The summed E-state index contributed by atoms with van der Waals surface area (Å²) in [5.74, 6) is 0.